The van der Waals surface area contributed by atoms with Gasteiger partial charge >= 0.3 is 0 Å². The molecular formula is C14H28N2OS. The van der Waals surface area contributed by atoms with Crippen LogP contribution in [0.1, 0.15) is 46.0 Å². The van der Waals surface area contributed by atoms with Crippen molar-refractivity contribution >= 4 is 17.3 Å². The molecule has 0 spiro atoms. The second-order valence-corrected chi connectivity index (χ2v) is 5.66. The summed E-state index contributed by atoms with van der Waals surface area (Å²) in [6, 6.07) is 0. The van der Waals surface area contributed by atoms with E-state index in [4.69, 9.17) is 17.0 Å². The first kappa shape index (κ1) is 15.7. The Bertz CT molecular complexity index is 244. The topological polar surface area (TPSA) is 24.5 Å². The molecule has 18 heavy (non-hydrogen) atoms. The standard InChI is InChI=1S/C14H28N2OS/c1-4-14(5-2)7-10-16(11-8-14)13(18)15-9-6-12-17-3/h4-12H2,1-3H3,(H,15,18). The second kappa shape index (κ2) is 7.95. The third-order valence-corrected chi connectivity index (χ3v) is 4.82. The summed E-state index contributed by atoms with van der Waals surface area (Å²) in [5, 5.41) is 4.25. The molecule has 1 fully saturated rings. The molecule has 0 saturated carbocycles. The predicted octanol–water partition coefficient (Wildman–Crippen LogP) is 2.80. The van der Waals surface area contributed by atoms with Gasteiger partial charge in [0.25, 0.3) is 0 Å². The quantitative estimate of drug-likeness (QED) is 0.593. The van der Waals surface area contributed by atoms with Crippen molar-refractivity contribution in [2.24, 2.45) is 5.41 Å². The maximum Gasteiger partial charge on any atom is 0.168 e. The molecule has 1 saturated heterocycles. The minimum absolute atomic E-state index is 0.572. The number of hydrogen-bond acceptors (Lipinski definition) is 2. The fraction of sp³-hybridized carbons (Fsp3) is 0.929. The summed E-state index contributed by atoms with van der Waals surface area (Å²) in [4.78, 5) is 2.33. The smallest absolute Gasteiger partial charge is 0.168 e. The molecule has 0 aliphatic carbocycles. The Morgan fingerprint density at radius 1 is 1.28 bits per heavy atom. The summed E-state index contributed by atoms with van der Waals surface area (Å²) >= 11 is 5.45. The molecule has 1 N–H and O–H groups in total. The number of nitrogens with zero attached hydrogens (tertiary/aromatic N) is 1. The third kappa shape index (κ3) is 4.39. The highest BCUT2D eigenvalue weighted by molar-refractivity contribution is 7.80. The number of likely N-dealkylation sites (tertiary alicyclic amines) is 1. The first-order chi connectivity index (χ1) is 8.67. The van der Waals surface area contributed by atoms with Crippen molar-refractivity contribution in [3.63, 3.8) is 0 Å². The molecule has 1 aliphatic heterocycles. The second-order valence-electron chi connectivity index (χ2n) is 5.27. The molecule has 0 amide bonds. The van der Waals surface area contributed by atoms with E-state index in [9.17, 15) is 0 Å². The summed E-state index contributed by atoms with van der Waals surface area (Å²) in [6.45, 7) is 8.57. The van der Waals surface area contributed by atoms with Crippen LogP contribution < -0.4 is 5.32 Å². The van der Waals surface area contributed by atoms with Crippen LogP contribution in [0.2, 0.25) is 0 Å². The predicted molar refractivity (Wildman–Crippen MR) is 80.9 cm³/mol. The maximum atomic E-state index is 5.45. The SMILES string of the molecule is CCC1(CC)CCN(C(=S)NCCCOC)CC1. The molecule has 106 valence electrons. The molecule has 0 radical (unpaired) electrons. The van der Waals surface area contributed by atoms with Crippen LogP contribution in [-0.2, 0) is 4.74 Å². The van der Waals surface area contributed by atoms with Gasteiger partial charge in [0, 0.05) is 33.4 Å². The van der Waals surface area contributed by atoms with E-state index >= 15 is 0 Å². The number of ether oxygens (including phenoxy) is 1. The van der Waals surface area contributed by atoms with Gasteiger partial charge in [-0.1, -0.05) is 26.7 Å². The van der Waals surface area contributed by atoms with E-state index in [1.54, 1.807) is 7.11 Å². The van der Waals surface area contributed by atoms with Gasteiger partial charge in [-0.25, -0.2) is 0 Å². The summed E-state index contributed by atoms with van der Waals surface area (Å²) in [5.41, 5.74) is 0.572. The molecule has 0 aromatic carbocycles. The van der Waals surface area contributed by atoms with Gasteiger partial charge in [-0.3, -0.25) is 0 Å². The van der Waals surface area contributed by atoms with E-state index in [0.717, 1.165) is 37.8 Å². The molecule has 0 aromatic heterocycles. The van der Waals surface area contributed by atoms with E-state index < -0.39 is 0 Å². The fourth-order valence-corrected chi connectivity index (χ4v) is 2.95. The number of piperidine rings is 1. The van der Waals surface area contributed by atoms with Crippen LogP contribution in [0, 0.1) is 5.41 Å². The van der Waals surface area contributed by atoms with Gasteiger partial charge in [-0.2, -0.15) is 0 Å². The number of hydrogen-bond donors (Lipinski definition) is 1. The Morgan fingerprint density at radius 2 is 1.89 bits per heavy atom. The molecule has 0 atom stereocenters. The highest BCUT2D eigenvalue weighted by Crippen LogP contribution is 2.37. The molecule has 3 nitrogen and oxygen atoms in total. The summed E-state index contributed by atoms with van der Waals surface area (Å²) < 4.78 is 5.03. The Labute approximate surface area is 117 Å². The highest BCUT2D eigenvalue weighted by atomic mass is 32.1. The Morgan fingerprint density at radius 3 is 2.39 bits per heavy atom. The lowest BCUT2D eigenvalue weighted by molar-refractivity contribution is 0.135. The highest BCUT2D eigenvalue weighted by Gasteiger charge is 2.31. The van der Waals surface area contributed by atoms with Crippen molar-refractivity contribution < 1.29 is 4.74 Å². The number of nitrogens with one attached hydrogen (secondary N) is 1. The van der Waals surface area contributed by atoms with Crippen molar-refractivity contribution in [3.8, 4) is 0 Å². The molecule has 0 bridgehead atoms. The first-order valence-corrected chi connectivity index (χ1v) is 7.60. The average Bonchev–Trinajstić information content (AvgIpc) is 2.43. The Kier molecular flexibility index (Phi) is 6.94. The lowest BCUT2D eigenvalue weighted by atomic mass is 9.74. The molecule has 1 aliphatic rings. The molecule has 1 heterocycles. The van der Waals surface area contributed by atoms with Crippen molar-refractivity contribution in [2.45, 2.75) is 46.0 Å². The molecule has 1 rings (SSSR count). The van der Waals surface area contributed by atoms with Crippen molar-refractivity contribution in [3.05, 3.63) is 0 Å². The monoisotopic (exact) mass is 272 g/mol. The van der Waals surface area contributed by atoms with Gasteiger partial charge in [0.05, 0.1) is 0 Å². The molecule has 0 unspecified atom stereocenters. The van der Waals surface area contributed by atoms with E-state index in [0.29, 0.717) is 5.41 Å². The minimum Gasteiger partial charge on any atom is -0.385 e. The van der Waals surface area contributed by atoms with Gasteiger partial charge in [0.15, 0.2) is 5.11 Å². The van der Waals surface area contributed by atoms with E-state index in [1.807, 2.05) is 0 Å². The van der Waals surface area contributed by atoms with Crippen LogP contribution in [0.5, 0.6) is 0 Å². The number of rotatable bonds is 6. The van der Waals surface area contributed by atoms with E-state index in [-0.39, 0.29) is 0 Å². The number of thiocarbonyl (C=S) groups is 1. The molecule has 4 heteroatoms. The van der Waals surface area contributed by atoms with Gasteiger partial charge in [-0.05, 0) is 36.9 Å². The van der Waals surface area contributed by atoms with Crippen molar-refractivity contribution in [1.29, 1.82) is 0 Å². The Balaban J connectivity index is 2.27. The average molecular weight is 272 g/mol. The van der Waals surface area contributed by atoms with Crippen LogP contribution in [0.3, 0.4) is 0 Å². The van der Waals surface area contributed by atoms with Crippen molar-refractivity contribution in [1.82, 2.24) is 10.2 Å². The largest absolute Gasteiger partial charge is 0.385 e. The van der Waals surface area contributed by atoms with E-state index in [1.165, 1.54) is 25.7 Å². The zero-order valence-electron chi connectivity index (χ0n) is 12.1. The van der Waals surface area contributed by atoms with Crippen LogP contribution in [0.4, 0.5) is 0 Å². The zero-order valence-corrected chi connectivity index (χ0v) is 12.9. The fourth-order valence-electron chi connectivity index (χ4n) is 2.66. The lowest BCUT2D eigenvalue weighted by Gasteiger charge is -2.42. The first-order valence-electron chi connectivity index (χ1n) is 7.19. The molecule has 0 aromatic rings. The van der Waals surface area contributed by atoms with Gasteiger partial charge in [0.1, 0.15) is 0 Å². The summed E-state index contributed by atoms with van der Waals surface area (Å²) in [7, 11) is 1.73. The van der Waals surface area contributed by atoms with Crippen LogP contribution in [0.25, 0.3) is 0 Å². The minimum atomic E-state index is 0.572. The number of methoxy groups -OCH3 is 1. The third-order valence-electron chi connectivity index (χ3n) is 4.41. The summed E-state index contributed by atoms with van der Waals surface area (Å²) in [6.07, 6.45) is 6.16. The maximum absolute atomic E-state index is 5.45. The van der Waals surface area contributed by atoms with Crippen molar-refractivity contribution in [2.75, 3.05) is 33.4 Å². The normalized spacial score (nSPS) is 18.7. The van der Waals surface area contributed by atoms with Gasteiger partial charge < -0.3 is 15.0 Å². The lowest BCUT2D eigenvalue weighted by Crippen LogP contribution is -2.47. The van der Waals surface area contributed by atoms with E-state index in [2.05, 4.69) is 24.1 Å². The van der Waals surface area contributed by atoms with Crippen LogP contribution in [-0.4, -0.2) is 43.4 Å². The molecular weight excluding hydrogens is 244 g/mol. The summed E-state index contributed by atoms with van der Waals surface area (Å²) in [5.74, 6) is 0. The van der Waals surface area contributed by atoms with Crippen LogP contribution >= 0.6 is 12.2 Å². The van der Waals surface area contributed by atoms with Crippen LogP contribution in [0.15, 0.2) is 0 Å². The van der Waals surface area contributed by atoms with Gasteiger partial charge in [0.2, 0.25) is 0 Å². The Hall–Kier alpha value is -0.350. The zero-order chi connectivity index (χ0) is 13.4. The van der Waals surface area contributed by atoms with Gasteiger partial charge in [-0.15, -0.1) is 0 Å².